The molecule has 21 heteroatoms. The summed E-state index contributed by atoms with van der Waals surface area (Å²) in [4.78, 5) is 143. The minimum Gasteiger partial charge on any atom is -0.354 e. The smallest absolute Gasteiger partial charge is 0.255 e. The number of nitrogens with zero attached hydrogens (tertiary/aromatic N) is 3. The molecule has 0 radical (unpaired) electrons. The molecule has 0 aromatic heterocycles. The van der Waals surface area contributed by atoms with Crippen LogP contribution in [0.5, 0.6) is 0 Å². The molecule has 1 heterocycles. The highest BCUT2D eigenvalue weighted by Crippen LogP contribution is 2.27. The van der Waals surface area contributed by atoms with Crippen molar-refractivity contribution in [3.8, 4) is 0 Å². The van der Waals surface area contributed by atoms with Crippen LogP contribution in [0.4, 0.5) is 0 Å². The summed E-state index contributed by atoms with van der Waals surface area (Å²) in [7, 11) is 3.79. The third-order valence-corrected chi connectivity index (χ3v) is 14.2. The molecule has 81 heavy (non-hydrogen) atoms. The number of likely N-dealkylation sites (tertiary alicyclic amines) is 1. The zero-order valence-electron chi connectivity index (χ0n) is 51.9. The Morgan fingerprint density at radius 3 is 1.63 bits per heavy atom. The van der Waals surface area contributed by atoms with Gasteiger partial charge in [-0.05, 0) is 131 Å². The summed E-state index contributed by atoms with van der Waals surface area (Å²) >= 11 is 0. The molecule has 6 atom stereocenters. The van der Waals surface area contributed by atoms with E-state index in [4.69, 9.17) is 0 Å². The van der Waals surface area contributed by atoms with Crippen LogP contribution in [0.2, 0.25) is 0 Å². The van der Waals surface area contributed by atoms with Gasteiger partial charge in [0.05, 0.1) is 0 Å². The molecule has 1 aromatic rings. The van der Waals surface area contributed by atoms with Crippen molar-refractivity contribution in [2.75, 3.05) is 33.7 Å². The molecule has 1 fully saturated rings. The van der Waals surface area contributed by atoms with Gasteiger partial charge < -0.3 is 57.2 Å². The van der Waals surface area contributed by atoms with E-state index in [-0.39, 0.29) is 67.8 Å². The van der Waals surface area contributed by atoms with Crippen LogP contribution in [0.3, 0.4) is 0 Å². The first-order valence-corrected chi connectivity index (χ1v) is 29.5. The molecule has 10 amide bonds. The van der Waals surface area contributed by atoms with E-state index in [2.05, 4.69) is 49.5 Å². The summed E-state index contributed by atoms with van der Waals surface area (Å²) in [5, 5.41) is 22.3. The van der Waals surface area contributed by atoms with Crippen LogP contribution in [0.25, 0.3) is 0 Å². The van der Waals surface area contributed by atoms with Gasteiger partial charge in [-0.15, -0.1) is 0 Å². The number of hydrogen-bond donors (Lipinski definition) is 8. The van der Waals surface area contributed by atoms with E-state index in [1.807, 2.05) is 73.5 Å². The van der Waals surface area contributed by atoms with Gasteiger partial charge in [0.1, 0.15) is 46.9 Å². The summed E-state index contributed by atoms with van der Waals surface area (Å²) in [6.45, 7) is 25.2. The molecule has 0 saturated carbocycles. The lowest BCUT2D eigenvalue weighted by Gasteiger charge is -2.38. The monoisotopic (exact) mass is 1140 g/mol. The highest BCUT2D eigenvalue weighted by Gasteiger charge is 2.42. The topological polar surface area (TPSA) is 277 Å². The molecular weight excluding hydrogens is 1030 g/mol. The van der Waals surface area contributed by atoms with Crippen molar-refractivity contribution < 1.29 is 47.9 Å². The number of amides is 10. The normalized spacial score (nSPS) is 15.7. The molecule has 1 aliphatic rings. The molecule has 2 rings (SSSR count). The van der Waals surface area contributed by atoms with Gasteiger partial charge in [0.25, 0.3) is 5.91 Å². The summed E-state index contributed by atoms with van der Waals surface area (Å²) in [6.07, 6.45) is 7.48. The average Bonchev–Trinajstić information content (AvgIpc) is 3.84. The lowest BCUT2D eigenvalue weighted by atomic mass is 9.96. The second-order valence-electron chi connectivity index (χ2n) is 25.2. The Morgan fingerprint density at radius 2 is 1.11 bits per heavy atom. The predicted octanol–water partition coefficient (Wildman–Crippen LogP) is 4.68. The van der Waals surface area contributed by atoms with Crippen LogP contribution >= 0.6 is 0 Å². The Kier molecular flexibility index (Phi) is 29.5. The maximum atomic E-state index is 14.6. The van der Waals surface area contributed by atoms with Crippen LogP contribution in [0.1, 0.15) is 191 Å². The van der Waals surface area contributed by atoms with Gasteiger partial charge in [0, 0.05) is 37.7 Å². The quantitative estimate of drug-likeness (QED) is 0.0338. The molecular formula is C60H103N11O10. The summed E-state index contributed by atoms with van der Waals surface area (Å²) in [5.41, 5.74) is -4.20. The highest BCUT2D eigenvalue weighted by molar-refractivity contribution is 6.00. The Bertz CT molecular complexity index is 2240. The van der Waals surface area contributed by atoms with Crippen molar-refractivity contribution in [3.05, 3.63) is 35.9 Å². The summed E-state index contributed by atoms with van der Waals surface area (Å²) in [5.74, 6) is -5.32. The molecule has 0 unspecified atom stereocenters. The molecule has 0 aliphatic carbocycles. The van der Waals surface area contributed by atoms with Gasteiger partial charge in [-0.2, -0.15) is 0 Å². The predicted molar refractivity (Wildman–Crippen MR) is 315 cm³/mol. The number of nitrogens with one attached hydrogen (secondary N) is 8. The number of carbonyl (C=O) groups excluding carboxylic acids is 10. The Labute approximate surface area is 483 Å². The van der Waals surface area contributed by atoms with E-state index < -0.39 is 88.3 Å². The number of likely N-dealkylation sites (N-methyl/N-ethyl adjacent to an activating group) is 1. The van der Waals surface area contributed by atoms with Crippen LogP contribution in [0, 0.1) is 17.8 Å². The van der Waals surface area contributed by atoms with Crippen molar-refractivity contribution >= 4 is 59.6 Å². The van der Waals surface area contributed by atoms with Crippen molar-refractivity contribution in [1.82, 2.24) is 57.2 Å². The molecule has 458 valence electrons. The van der Waals surface area contributed by atoms with Crippen LogP contribution in [-0.2, 0) is 43.2 Å². The van der Waals surface area contributed by atoms with E-state index in [0.717, 1.165) is 32.1 Å². The highest BCUT2D eigenvalue weighted by atomic mass is 16.2. The van der Waals surface area contributed by atoms with E-state index in [9.17, 15) is 47.9 Å². The van der Waals surface area contributed by atoms with Gasteiger partial charge in [-0.25, -0.2) is 0 Å². The number of hydrogen-bond acceptors (Lipinski definition) is 11. The first-order chi connectivity index (χ1) is 37.8. The van der Waals surface area contributed by atoms with Gasteiger partial charge in [0.2, 0.25) is 53.7 Å². The molecule has 1 aliphatic heterocycles. The van der Waals surface area contributed by atoms with Gasteiger partial charge >= 0.3 is 0 Å². The second-order valence-corrected chi connectivity index (χ2v) is 25.2. The van der Waals surface area contributed by atoms with Crippen LogP contribution in [-0.4, -0.2) is 161 Å². The van der Waals surface area contributed by atoms with Crippen LogP contribution in [0.15, 0.2) is 30.3 Å². The largest absolute Gasteiger partial charge is 0.354 e. The van der Waals surface area contributed by atoms with Gasteiger partial charge in [0.15, 0.2) is 0 Å². The number of unbranched alkanes of at least 4 members (excludes halogenated alkanes) is 5. The van der Waals surface area contributed by atoms with Crippen molar-refractivity contribution in [2.24, 2.45) is 17.8 Å². The second kappa shape index (κ2) is 33.7. The van der Waals surface area contributed by atoms with Gasteiger partial charge in [-0.1, -0.05) is 105 Å². The molecule has 1 aromatic carbocycles. The first-order valence-electron chi connectivity index (χ1n) is 29.5. The third kappa shape index (κ3) is 24.5. The zero-order chi connectivity index (χ0) is 61.4. The Balaban J connectivity index is 2.28. The van der Waals surface area contributed by atoms with Crippen molar-refractivity contribution in [3.63, 3.8) is 0 Å². The number of carbonyl (C=O) groups is 10. The SMILES string of the molecule is CCCCCCCC[C@@H](C(=O)N[C@@H](CC(C)C)C(=O)NC(C)(C)C(=O)N[C@@H](CC(C)C)C(=O)N[C@@H](CC(C)C)C(=O)NC(C)(C)C(=O)NC(C)(C)C(=O)NCCC(=O)N[C@@H](C)CN(C)C)N(C=O)[C@@H]1CCCN1C(=O)c1ccccc1. The summed E-state index contributed by atoms with van der Waals surface area (Å²) < 4.78 is 0. The summed E-state index contributed by atoms with van der Waals surface area (Å²) in [6, 6.07) is 4.22. The number of rotatable bonds is 36. The van der Waals surface area contributed by atoms with E-state index in [1.54, 1.807) is 29.2 Å². The fourth-order valence-electron chi connectivity index (χ4n) is 9.77. The Morgan fingerprint density at radius 1 is 0.617 bits per heavy atom. The Hall–Kier alpha value is -6.12. The standard InChI is InChI=1S/C60H103N11O10/c1-17-18-19-20-21-25-29-47(71(38-72)49-30-26-33-70(49)54(78)43-27-23-22-24-28-43)53(77)64-46(36-41(6)7)52(76)66-59(11,12)56(80)65-44(34-39(2)3)50(74)63-45(35-40(4)5)51(75)67-60(13,14)57(81)68-58(9,10)55(79)61-32-31-48(73)62-42(8)37-69(15)16/h22-24,27-28,38-42,44-47,49H,17-21,25-26,29-37H2,1-16H3,(H,61,79)(H,62,73)(H,63,74)(H,64,77)(H,65,80)(H,66,76)(H,67,75)(H,68,81)/t42-,44-,45-,46-,47-,49+/m0/s1. The molecule has 21 nitrogen and oxygen atoms in total. The first kappa shape index (κ1) is 71.0. The zero-order valence-corrected chi connectivity index (χ0v) is 51.9. The van der Waals surface area contributed by atoms with Crippen molar-refractivity contribution in [1.29, 1.82) is 0 Å². The molecule has 0 spiro atoms. The van der Waals surface area contributed by atoms with E-state index in [1.165, 1.54) is 46.4 Å². The lowest BCUT2D eigenvalue weighted by Crippen LogP contribution is -2.65. The third-order valence-electron chi connectivity index (χ3n) is 14.2. The van der Waals surface area contributed by atoms with Gasteiger partial charge in [-0.3, -0.25) is 47.9 Å². The van der Waals surface area contributed by atoms with Crippen molar-refractivity contribution in [2.45, 2.75) is 233 Å². The minimum atomic E-state index is -1.64. The minimum absolute atomic E-state index is 0.0287. The number of benzene rings is 1. The molecule has 1 saturated heterocycles. The fourth-order valence-corrected chi connectivity index (χ4v) is 9.77. The molecule has 8 N–H and O–H groups in total. The van der Waals surface area contributed by atoms with E-state index in [0.29, 0.717) is 50.7 Å². The average molecular weight is 1140 g/mol. The fraction of sp³-hybridized carbons (Fsp3) is 0.733. The maximum Gasteiger partial charge on any atom is 0.255 e. The van der Waals surface area contributed by atoms with Crippen LogP contribution < -0.4 is 42.5 Å². The molecule has 0 bridgehead atoms. The lowest BCUT2D eigenvalue weighted by molar-refractivity contribution is -0.140. The van der Waals surface area contributed by atoms with E-state index >= 15 is 0 Å². The maximum absolute atomic E-state index is 14.6.